The minimum Gasteiger partial charge on any atom is -0.300 e. The van der Waals surface area contributed by atoms with Crippen molar-refractivity contribution in [3.8, 4) is 0 Å². The van der Waals surface area contributed by atoms with E-state index < -0.39 is 0 Å². The van der Waals surface area contributed by atoms with Crippen molar-refractivity contribution in [2.75, 3.05) is 38.7 Å². The van der Waals surface area contributed by atoms with Crippen LogP contribution >= 0.6 is 11.8 Å². The molecule has 14 heavy (non-hydrogen) atoms. The highest BCUT2D eigenvalue weighted by Gasteiger charge is 2.02. The number of hydrogen-bond donors (Lipinski definition) is 0. The molecule has 0 saturated carbocycles. The first kappa shape index (κ1) is 11.8. The zero-order chi connectivity index (χ0) is 10.2. The summed E-state index contributed by atoms with van der Waals surface area (Å²) in [6.07, 6.45) is 8.96. The summed E-state index contributed by atoms with van der Waals surface area (Å²) in [5, 5.41) is 0. The van der Waals surface area contributed by atoms with Crippen molar-refractivity contribution in [3.63, 3.8) is 0 Å². The van der Waals surface area contributed by atoms with Gasteiger partial charge in [-0.15, -0.1) is 0 Å². The van der Waals surface area contributed by atoms with Gasteiger partial charge in [-0.25, -0.2) is 0 Å². The van der Waals surface area contributed by atoms with E-state index in [0.717, 1.165) is 19.6 Å². The lowest BCUT2D eigenvalue weighted by atomic mass is 10.3. The Morgan fingerprint density at radius 3 is 3.21 bits per heavy atom. The number of thioether (sulfide) groups is 1. The largest absolute Gasteiger partial charge is 0.300 e. The predicted octanol–water partition coefficient (Wildman–Crippen LogP) is 2.07. The van der Waals surface area contributed by atoms with Crippen LogP contribution in [0, 0.1) is 0 Å². The molecule has 0 radical (unpaired) electrons. The second kappa shape index (κ2) is 7.07. The van der Waals surface area contributed by atoms with Crippen LogP contribution in [0.2, 0.25) is 0 Å². The van der Waals surface area contributed by atoms with Gasteiger partial charge in [0.25, 0.3) is 0 Å². The highest BCUT2D eigenvalue weighted by atomic mass is 32.2. The van der Waals surface area contributed by atoms with Crippen molar-refractivity contribution in [1.29, 1.82) is 0 Å². The third kappa shape index (κ3) is 4.82. The van der Waals surface area contributed by atoms with Gasteiger partial charge in [0.15, 0.2) is 0 Å². The fourth-order valence-electron chi connectivity index (χ4n) is 1.41. The lowest BCUT2D eigenvalue weighted by Crippen LogP contribution is -2.27. The summed E-state index contributed by atoms with van der Waals surface area (Å²) >= 11 is 1.90. The number of aliphatic imine (C=N–C) groups is 1. The summed E-state index contributed by atoms with van der Waals surface area (Å²) < 4.78 is 0. The molecule has 0 saturated heterocycles. The Balaban J connectivity index is 2.30. The molecule has 0 spiro atoms. The molecule has 0 amide bonds. The predicted molar refractivity (Wildman–Crippen MR) is 66.6 cm³/mol. The molecule has 1 heterocycles. The highest BCUT2D eigenvalue weighted by molar-refractivity contribution is 7.98. The molecule has 0 aromatic heterocycles. The van der Waals surface area contributed by atoms with E-state index in [0.29, 0.717) is 0 Å². The Kier molecular flexibility index (Phi) is 5.96. The zero-order valence-electron chi connectivity index (χ0n) is 9.20. The average Bonchev–Trinajstić information content (AvgIpc) is 2.43. The van der Waals surface area contributed by atoms with Crippen LogP contribution in [0.5, 0.6) is 0 Å². The smallest absolute Gasteiger partial charge is 0.0485 e. The van der Waals surface area contributed by atoms with E-state index in [2.05, 4.69) is 35.3 Å². The molecule has 2 nitrogen and oxygen atoms in total. The summed E-state index contributed by atoms with van der Waals surface area (Å²) in [5.74, 6) is 1.20. The summed E-state index contributed by atoms with van der Waals surface area (Å²) in [5.41, 5.74) is 1.24. The molecule has 0 bridgehead atoms. The van der Waals surface area contributed by atoms with Crippen molar-refractivity contribution in [2.24, 2.45) is 4.99 Å². The third-order valence-corrected chi connectivity index (χ3v) is 2.85. The fraction of sp³-hybridized carbons (Fsp3) is 0.727. The van der Waals surface area contributed by atoms with Gasteiger partial charge in [0.1, 0.15) is 0 Å². The first-order valence-electron chi connectivity index (χ1n) is 5.20. The lowest BCUT2D eigenvalue weighted by molar-refractivity contribution is 0.407. The Morgan fingerprint density at radius 1 is 1.57 bits per heavy atom. The van der Waals surface area contributed by atoms with Crippen LogP contribution in [-0.4, -0.2) is 49.3 Å². The first-order chi connectivity index (χ1) is 6.83. The number of hydrogen-bond acceptors (Lipinski definition) is 3. The number of rotatable bonds is 5. The molecule has 0 atom stereocenters. The van der Waals surface area contributed by atoms with Crippen LogP contribution in [0.25, 0.3) is 0 Å². The number of nitrogens with zero attached hydrogens (tertiary/aromatic N) is 2. The minimum absolute atomic E-state index is 0.997. The van der Waals surface area contributed by atoms with Gasteiger partial charge in [-0.3, -0.25) is 9.89 Å². The van der Waals surface area contributed by atoms with Crippen molar-refractivity contribution >= 4 is 17.5 Å². The van der Waals surface area contributed by atoms with Gasteiger partial charge in [-0.05, 0) is 32.2 Å². The molecule has 80 valence electrons. The number of allylic oxidation sites excluding steroid dienone is 1. The third-order valence-electron chi connectivity index (χ3n) is 2.26. The van der Waals surface area contributed by atoms with Crippen LogP contribution in [-0.2, 0) is 0 Å². The van der Waals surface area contributed by atoms with Crippen molar-refractivity contribution in [1.82, 2.24) is 4.90 Å². The Hall–Kier alpha value is -0.280. The Bertz CT molecular complexity index is 211. The van der Waals surface area contributed by atoms with E-state index >= 15 is 0 Å². The van der Waals surface area contributed by atoms with E-state index in [4.69, 9.17) is 0 Å². The summed E-state index contributed by atoms with van der Waals surface area (Å²) in [4.78, 5) is 6.89. The Labute approximate surface area is 91.5 Å². The zero-order valence-corrected chi connectivity index (χ0v) is 10.0. The highest BCUT2D eigenvalue weighted by Crippen LogP contribution is 2.01. The van der Waals surface area contributed by atoms with Crippen molar-refractivity contribution in [2.45, 2.75) is 12.8 Å². The van der Waals surface area contributed by atoms with Crippen LogP contribution in [0.15, 0.2) is 17.1 Å². The molecule has 0 fully saturated rings. The molecule has 3 heteroatoms. The second-order valence-corrected chi connectivity index (χ2v) is 4.63. The molecular formula is C11H20N2S. The summed E-state index contributed by atoms with van der Waals surface area (Å²) in [6.45, 7) is 3.14. The van der Waals surface area contributed by atoms with E-state index in [1.165, 1.54) is 24.3 Å². The van der Waals surface area contributed by atoms with E-state index in [1.807, 2.05) is 11.8 Å². The van der Waals surface area contributed by atoms with Crippen molar-refractivity contribution < 1.29 is 0 Å². The molecule has 0 N–H and O–H groups in total. The molecule has 1 aliphatic rings. The quantitative estimate of drug-likeness (QED) is 0.693. The van der Waals surface area contributed by atoms with Gasteiger partial charge in [0.2, 0.25) is 0 Å². The van der Waals surface area contributed by atoms with E-state index in [9.17, 15) is 0 Å². The maximum Gasteiger partial charge on any atom is 0.0485 e. The SMILES string of the molecule is CSCCN(C)CC1=NCCCC=C1. The van der Waals surface area contributed by atoms with Crippen LogP contribution < -0.4 is 0 Å². The molecule has 0 aromatic rings. The van der Waals surface area contributed by atoms with Gasteiger partial charge >= 0.3 is 0 Å². The van der Waals surface area contributed by atoms with Crippen molar-refractivity contribution in [3.05, 3.63) is 12.2 Å². The van der Waals surface area contributed by atoms with Gasteiger partial charge < -0.3 is 0 Å². The maximum absolute atomic E-state index is 4.55. The molecule has 0 aliphatic carbocycles. The van der Waals surface area contributed by atoms with Gasteiger partial charge in [0.05, 0.1) is 0 Å². The lowest BCUT2D eigenvalue weighted by Gasteiger charge is -2.15. The van der Waals surface area contributed by atoms with E-state index in [1.54, 1.807) is 0 Å². The minimum atomic E-state index is 0.997. The topological polar surface area (TPSA) is 15.6 Å². The maximum atomic E-state index is 4.55. The fourth-order valence-corrected chi connectivity index (χ4v) is 1.90. The van der Waals surface area contributed by atoms with E-state index in [-0.39, 0.29) is 0 Å². The van der Waals surface area contributed by atoms with Gasteiger partial charge in [-0.2, -0.15) is 11.8 Å². The summed E-state index contributed by atoms with van der Waals surface area (Å²) in [6, 6.07) is 0. The normalized spacial score (nSPS) is 16.9. The molecule has 1 rings (SSSR count). The van der Waals surface area contributed by atoms with Gasteiger partial charge in [0, 0.05) is 31.1 Å². The Morgan fingerprint density at radius 2 is 2.43 bits per heavy atom. The molecule has 0 aromatic carbocycles. The van der Waals surface area contributed by atoms with Crippen LogP contribution in [0.3, 0.4) is 0 Å². The van der Waals surface area contributed by atoms with Gasteiger partial charge in [-0.1, -0.05) is 6.08 Å². The summed E-state index contributed by atoms with van der Waals surface area (Å²) in [7, 11) is 2.16. The molecular weight excluding hydrogens is 192 g/mol. The second-order valence-electron chi connectivity index (χ2n) is 3.65. The first-order valence-corrected chi connectivity index (χ1v) is 6.59. The molecule has 0 unspecified atom stereocenters. The monoisotopic (exact) mass is 212 g/mol. The van der Waals surface area contributed by atoms with Crippen LogP contribution in [0.1, 0.15) is 12.8 Å². The standard InChI is InChI=1S/C11H20N2S/c1-13(8-9-14-2)10-11-6-4-3-5-7-12-11/h4,6H,3,5,7-10H2,1-2H3. The average molecular weight is 212 g/mol. The molecule has 1 aliphatic heterocycles. The van der Waals surface area contributed by atoms with Crippen LogP contribution in [0.4, 0.5) is 0 Å².